The summed E-state index contributed by atoms with van der Waals surface area (Å²) >= 11 is 4.84. The van der Waals surface area contributed by atoms with Gasteiger partial charge >= 0.3 is 0 Å². The summed E-state index contributed by atoms with van der Waals surface area (Å²) in [5.41, 5.74) is 8.43. The van der Waals surface area contributed by atoms with Crippen molar-refractivity contribution in [1.82, 2.24) is 19.7 Å². The summed E-state index contributed by atoms with van der Waals surface area (Å²) in [5.74, 6) is 0.108. The predicted molar refractivity (Wildman–Crippen MR) is 109 cm³/mol. The van der Waals surface area contributed by atoms with E-state index in [9.17, 15) is 4.79 Å². The van der Waals surface area contributed by atoms with Gasteiger partial charge in [-0.3, -0.25) is 9.48 Å². The number of nitrogens with zero attached hydrogens (tertiary/aromatic N) is 4. The number of hydrogen-bond acceptors (Lipinski definition) is 7. The van der Waals surface area contributed by atoms with Crippen molar-refractivity contribution in [3.8, 4) is 0 Å². The Kier molecular flexibility index (Phi) is 4.77. The number of carbonyl (C=O) groups excluding carboxylic acids is 1. The van der Waals surface area contributed by atoms with Gasteiger partial charge in [-0.2, -0.15) is 5.10 Å². The number of amides is 1. The van der Waals surface area contributed by atoms with Crippen molar-refractivity contribution in [2.75, 3.05) is 24.8 Å². The number of hydrogen-bond donors (Lipinski definition) is 2. The average molecular weight is 447 g/mol. The number of nitrogens with one attached hydrogen (secondary N) is 1. The normalized spacial score (nSPS) is 11.3. The van der Waals surface area contributed by atoms with Gasteiger partial charge in [0.2, 0.25) is 0 Å². The average Bonchev–Trinajstić information content (AvgIpc) is 3.23. The summed E-state index contributed by atoms with van der Waals surface area (Å²) in [7, 11) is 1.65. The van der Waals surface area contributed by atoms with E-state index in [2.05, 4.69) is 36.3 Å². The molecule has 1 aromatic carbocycles. The van der Waals surface area contributed by atoms with Gasteiger partial charge in [-0.25, -0.2) is 9.97 Å². The first-order chi connectivity index (χ1) is 13.1. The van der Waals surface area contributed by atoms with Crippen LogP contribution < -0.4 is 11.1 Å². The SMILES string of the molecule is COCCn1nc(Br)c2c(NC(=O)c3csc4c(N)ncnc34)cccc21. The zero-order valence-corrected chi connectivity index (χ0v) is 16.7. The number of thiophene rings is 1. The fourth-order valence-corrected chi connectivity index (χ4v) is 4.36. The molecule has 3 aromatic heterocycles. The van der Waals surface area contributed by atoms with Crippen LogP contribution in [0.4, 0.5) is 11.5 Å². The van der Waals surface area contributed by atoms with E-state index in [1.165, 1.54) is 17.7 Å². The van der Waals surface area contributed by atoms with Gasteiger partial charge in [0.25, 0.3) is 5.91 Å². The summed E-state index contributed by atoms with van der Waals surface area (Å²) in [6, 6.07) is 5.67. The first-order valence-electron chi connectivity index (χ1n) is 8.03. The Bertz CT molecular complexity index is 1160. The Morgan fingerprint density at radius 1 is 1.41 bits per heavy atom. The standard InChI is InChI=1S/C17H15BrN6O2S/c1-26-6-5-24-11-4-2-3-10(12(11)15(18)23-24)22-17(25)9-7-27-14-13(9)20-8-21-16(14)19/h2-4,7-8H,5-6H2,1H3,(H,22,25)(H2,19,20,21). The van der Waals surface area contributed by atoms with E-state index < -0.39 is 0 Å². The molecule has 0 aliphatic heterocycles. The molecule has 4 rings (SSSR count). The molecule has 0 bridgehead atoms. The Balaban J connectivity index is 1.71. The van der Waals surface area contributed by atoms with Gasteiger partial charge in [-0.1, -0.05) is 6.07 Å². The molecule has 8 nitrogen and oxygen atoms in total. The molecule has 27 heavy (non-hydrogen) atoms. The van der Waals surface area contributed by atoms with Gasteiger partial charge in [-0.15, -0.1) is 11.3 Å². The maximum absolute atomic E-state index is 12.9. The highest BCUT2D eigenvalue weighted by molar-refractivity contribution is 9.10. The number of aromatic nitrogens is 4. The van der Waals surface area contributed by atoms with Crippen LogP contribution in [-0.4, -0.2) is 39.4 Å². The number of methoxy groups -OCH3 is 1. The van der Waals surface area contributed by atoms with E-state index in [0.717, 1.165) is 10.9 Å². The molecule has 4 aromatic rings. The van der Waals surface area contributed by atoms with Crippen molar-refractivity contribution in [1.29, 1.82) is 0 Å². The lowest BCUT2D eigenvalue weighted by Crippen LogP contribution is -2.12. The minimum Gasteiger partial charge on any atom is -0.383 e. The summed E-state index contributed by atoms with van der Waals surface area (Å²) < 4.78 is 8.33. The minimum atomic E-state index is -0.261. The summed E-state index contributed by atoms with van der Waals surface area (Å²) in [6.45, 7) is 1.16. The van der Waals surface area contributed by atoms with E-state index in [4.69, 9.17) is 10.5 Å². The van der Waals surface area contributed by atoms with Gasteiger partial charge in [-0.05, 0) is 28.1 Å². The number of fused-ring (bicyclic) bond motifs is 2. The van der Waals surface area contributed by atoms with Crippen LogP contribution in [0.25, 0.3) is 21.1 Å². The van der Waals surface area contributed by atoms with Crippen molar-refractivity contribution >= 4 is 65.8 Å². The highest BCUT2D eigenvalue weighted by atomic mass is 79.9. The fraction of sp³-hybridized carbons (Fsp3) is 0.176. The van der Waals surface area contributed by atoms with E-state index in [-0.39, 0.29) is 5.91 Å². The molecule has 0 aliphatic rings. The van der Waals surface area contributed by atoms with Crippen molar-refractivity contribution < 1.29 is 9.53 Å². The smallest absolute Gasteiger partial charge is 0.258 e. The lowest BCUT2D eigenvalue weighted by Gasteiger charge is -2.07. The lowest BCUT2D eigenvalue weighted by molar-refractivity contribution is 0.102. The molecule has 0 aliphatic carbocycles. The molecule has 0 saturated heterocycles. The second-order valence-electron chi connectivity index (χ2n) is 5.75. The van der Waals surface area contributed by atoms with E-state index >= 15 is 0 Å². The molecule has 3 N–H and O–H groups in total. The molecule has 0 atom stereocenters. The molecule has 0 radical (unpaired) electrons. The van der Waals surface area contributed by atoms with Crippen LogP contribution >= 0.6 is 27.3 Å². The van der Waals surface area contributed by atoms with Crippen molar-refractivity contribution in [3.63, 3.8) is 0 Å². The summed E-state index contributed by atoms with van der Waals surface area (Å²) in [4.78, 5) is 21.0. The molecular weight excluding hydrogens is 432 g/mol. The van der Waals surface area contributed by atoms with E-state index in [1.807, 2.05) is 22.9 Å². The topological polar surface area (TPSA) is 108 Å². The number of nitrogen functional groups attached to an aromatic ring is 1. The Labute approximate surface area is 166 Å². The molecule has 0 saturated carbocycles. The molecule has 1 amide bonds. The van der Waals surface area contributed by atoms with Crippen LogP contribution in [0.15, 0.2) is 34.5 Å². The Morgan fingerprint density at radius 3 is 3.07 bits per heavy atom. The molecular formula is C17H15BrN6O2S. The van der Waals surface area contributed by atoms with Crippen molar-refractivity contribution in [2.45, 2.75) is 6.54 Å². The third-order valence-electron chi connectivity index (χ3n) is 4.12. The monoisotopic (exact) mass is 446 g/mol. The van der Waals surface area contributed by atoms with Crippen LogP contribution in [0, 0.1) is 0 Å². The van der Waals surface area contributed by atoms with Crippen LogP contribution in [0.1, 0.15) is 10.4 Å². The Morgan fingerprint density at radius 2 is 2.26 bits per heavy atom. The minimum absolute atomic E-state index is 0.261. The first-order valence-corrected chi connectivity index (χ1v) is 9.70. The number of rotatable bonds is 5. The molecule has 10 heteroatoms. The molecule has 0 unspecified atom stereocenters. The van der Waals surface area contributed by atoms with Gasteiger partial charge in [0, 0.05) is 12.5 Å². The Hall–Kier alpha value is -2.56. The van der Waals surface area contributed by atoms with Crippen molar-refractivity contribution in [3.05, 3.63) is 40.1 Å². The lowest BCUT2D eigenvalue weighted by atomic mass is 10.2. The highest BCUT2D eigenvalue weighted by Crippen LogP contribution is 2.32. The van der Waals surface area contributed by atoms with E-state index in [1.54, 1.807) is 12.5 Å². The molecule has 3 heterocycles. The first kappa shape index (κ1) is 17.8. The number of ether oxygens (including phenoxy) is 1. The third kappa shape index (κ3) is 3.15. The fourth-order valence-electron chi connectivity index (χ4n) is 2.85. The molecule has 0 fully saturated rings. The number of benzene rings is 1. The zero-order valence-electron chi connectivity index (χ0n) is 14.3. The summed E-state index contributed by atoms with van der Waals surface area (Å²) in [5, 5.41) is 10.0. The third-order valence-corrected chi connectivity index (χ3v) is 5.66. The highest BCUT2D eigenvalue weighted by Gasteiger charge is 2.18. The zero-order chi connectivity index (χ0) is 19.0. The van der Waals surface area contributed by atoms with Gasteiger partial charge in [0.15, 0.2) is 0 Å². The molecule has 0 spiro atoms. The second-order valence-corrected chi connectivity index (χ2v) is 7.38. The van der Waals surface area contributed by atoms with Gasteiger partial charge in [0.1, 0.15) is 16.7 Å². The predicted octanol–water partition coefficient (Wildman–Crippen LogP) is 3.28. The van der Waals surface area contributed by atoms with Crippen molar-refractivity contribution in [2.24, 2.45) is 0 Å². The van der Waals surface area contributed by atoms with Gasteiger partial charge < -0.3 is 15.8 Å². The largest absolute Gasteiger partial charge is 0.383 e. The second kappa shape index (κ2) is 7.22. The molecule has 138 valence electrons. The van der Waals surface area contributed by atoms with Crippen LogP contribution in [0.3, 0.4) is 0 Å². The maximum atomic E-state index is 12.9. The number of anilines is 2. The van der Waals surface area contributed by atoms with Crippen LogP contribution in [0.2, 0.25) is 0 Å². The van der Waals surface area contributed by atoms with E-state index in [0.29, 0.717) is 45.0 Å². The van der Waals surface area contributed by atoms with Crippen LogP contribution in [0.5, 0.6) is 0 Å². The van der Waals surface area contributed by atoms with Gasteiger partial charge in [0.05, 0.1) is 45.5 Å². The quantitative estimate of drug-likeness (QED) is 0.486. The maximum Gasteiger partial charge on any atom is 0.258 e. The van der Waals surface area contributed by atoms with Crippen LogP contribution in [-0.2, 0) is 11.3 Å². The number of carbonyl (C=O) groups is 1. The summed E-state index contributed by atoms with van der Waals surface area (Å²) in [6.07, 6.45) is 1.36. The number of halogens is 1. The number of nitrogens with two attached hydrogens (primary N) is 1.